The van der Waals surface area contributed by atoms with E-state index < -0.39 is 11.9 Å². The summed E-state index contributed by atoms with van der Waals surface area (Å²) in [6, 6.07) is 0. The molecule has 0 rings (SSSR count). The molecule has 0 spiro atoms. The summed E-state index contributed by atoms with van der Waals surface area (Å²) in [4.78, 5) is 20.5. The van der Waals surface area contributed by atoms with Crippen molar-refractivity contribution < 1.29 is 19.8 Å². The first kappa shape index (κ1) is 10.2. The van der Waals surface area contributed by atoms with E-state index in [-0.39, 0.29) is 11.1 Å². The fraction of sp³-hybridized carbons (Fsp3) is 0. The van der Waals surface area contributed by atoms with Crippen molar-refractivity contribution in [1.82, 2.24) is 0 Å². The maximum absolute atomic E-state index is 10.3. The normalized spacial score (nSPS) is 10.5. The zero-order valence-corrected chi connectivity index (χ0v) is 6.28. The highest BCUT2D eigenvalue weighted by molar-refractivity contribution is 5.95. The van der Waals surface area contributed by atoms with Crippen LogP contribution in [0.4, 0.5) is 0 Å². The molecule has 0 bridgehead atoms. The second-order valence-corrected chi connectivity index (χ2v) is 1.94. The molecule has 0 radical (unpaired) electrons. The number of aliphatic carboxylic acids is 2. The number of carbonyl (C=O) groups is 2. The Hall–Kier alpha value is -1.84. The van der Waals surface area contributed by atoms with Crippen molar-refractivity contribution in [3.63, 3.8) is 0 Å². The van der Waals surface area contributed by atoms with Gasteiger partial charge in [0.15, 0.2) is 0 Å². The molecule has 0 atom stereocenters. The highest BCUT2D eigenvalue weighted by Gasteiger charge is 2.06. The fourth-order valence-corrected chi connectivity index (χ4v) is 0.457. The van der Waals surface area contributed by atoms with Crippen LogP contribution < -0.4 is 0 Å². The molecule has 0 unspecified atom stereocenters. The van der Waals surface area contributed by atoms with Crippen molar-refractivity contribution in [2.75, 3.05) is 0 Å². The van der Waals surface area contributed by atoms with E-state index in [0.717, 1.165) is 12.2 Å². The van der Waals surface area contributed by atoms with Gasteiger partial charge < -0.3 is 10.2 Å². The second-order valence-electron chi connectivity index (χ2n) is 1.94. The van der Waals surface area contributed by atoms with Crippen LogP contribution in [0.1, 0.15) is 0 Å². The molecule has 0 saturated heterocycles. The predicted molar refractivity (Wildman–Crippen MR) is 42.7 cm³/mol. The minimum atomic E-state index is -1.25. The van der Waals surface area contributed by atoms with Crippen LogP contribution in [0, 0.1) is 0 Å². The molecule has 12 heavy (non-hydrogen) atoms. The van der Waals surface area contributed by atoms with Gasteiger partial charge in [-0.2, -0.15) is 0 Å². The minimum absolute atomic E-state index is 0.192. The van der Waals surface area contributed by atoms with Crippen LogP contribution in [0.25, 0.3) is 0 Å². The van der Waals surface area contributed by atoms with E-state index in [9.17, 15) is 9.59 Å². The van der Waals surface area contributed by atoms with Gasteiger partial charge in [-0.25, -0.2) is 9.59 Å². The molecule has 4 heteroatoms. The molecule has 0 aromatic heterocycles. The van der Waals surface area contributed by atoms with Crippen LogP contribution in [0.2, 0.25) is 0 Å². The zero-order valence-electron chi connectivity index (χ0n) is 6.28. The molecule has 4 nitrogen and oxygen atoms in total. The quantitative estimate of drug-likeness (QED) is 0.481. The molecular formula is C8H8O4. The maximum Gasteiger partial charge on any atom is 0.335 e. The number of carboxylic acids is 2. The first-order chi connectivity index (χ1) is 5.49. The van der Waals surface area contributed by atoms with Gasteiger partial charge in [-0.1, -0.05) is 19.2 Å². The number of carboxylic acid groups (broad SMARTS) is 2. The van der Waals surface area contributed by atoms with E-state index in [1.807, 2.05) is 0 Å². The number of rotatable bonds is 4. The van der Waals surface area contributed by atoms with E-state index >= 15 is 0 Å². The van der Waals surface area contributed by atoms with Crippen molar-refractivity contribution >= 4 is 11.9 Å². The van der Waals surface area contributed by atoms with Gasteiger partial charge in [0.25, 0.3) is 0 Å². The standard InChI is InChI=1S/C8H8O4/c1-3-6(8(11)12)4-5(2)7(9)10/h3-4H,1-2H2,(H,9,10)(H,11,12). The molecule has 0 heterocycles. The molecule has 0 aromatic rings. The Morgan fingerprint density at radius 1 is 1.17 bits per heavy atom. The van der Waals surface area contributed by atoms with Gasteiger partial charge in [-0.15, -0.1) is 0 Å². The molecule has 0 amide bonds. The third-order valence-corrected chi connectivity index (χ3v) is 1.07. The van der Waals surface area contributed by atoms with Gasteiger partial charge in [0.05, 0.1) is 11.1 Å². The third kappa shape index (κ3) is 2.83. The van der Waals surface area contributed by atoms with Gasteiger partial charge in [0, 0.05) is 0 Å². The summed E-state index contributed by atoms with van der Waals surface area (Å²) >= 11 is 0. The summed E-state index contributed by atoms with van der Waals surface area (Å²) in [5, 5.41) is 16.8. The lowest BCUT2D eigenvalue weighted by molar-refractivity contribution is -0.132. The van der Waals surface area contributed by atoms with E-state index in [1.165, 1.54) is 0 Å². The van der Waals surface area contributed by atoms with Crippen molar-refractivity contribution in [1.29, 1.82) is 0 Å². The first-order valence-corrected chi connectivity index (χ1v) is 2.98. The fourth-order valence-electron chi connectivity index (χ4n) is 0.457. The topological polar surface area (TPSA) is 74.6 Å². The van der Waals surface area contributed by atoms with Gasteiger partial charge in [0.2, 0.25) is 0 Å². The Morgan fingerprint density at radius 3 is 1.92 bits per heavy atom. The highest BCUT2D eigenvalue weighted by atomic mass is 16.4. The lowest BCUT2D eigenvalue weighted by Crippen LogP contribution is -2.01. The van der Waals surface area contributed by atoms with Crippen molar-refractivity contribution in [3.05, 3.63) is 36.5 Å². The first-order valence-electron chi connectivity index (χ1n) is 2.98. The van der Waals surface area contributed by atoms with E-state index in [2.05, 4.69) is 13.2 Å². The van der Waals surface area contributed by atoms with E-state index in [4.69, 9.17) is 10.2 Å². The van der Waals surface area contributed by atoms with Gasteiger partial charge >= 0.3 is 11.9 Å². The molecule has 0 aliphatic carbocycles. The summed E-state index contributed by atoms with van der Waals surface area (Å²) in [7, 11) is 0. The molecule has 2 N–H and O–H groups in total. The Morgan fingerprint density at radius 2 is 1.67 bits per heavy atom. The molecule has 0 fully saturated rings. The molecule has 0 aliphatic heterocycles. The van der Waals surface area contributed by atoms with Crippen LogP contribution in [0.5, 0.6) is 0 Å². The number of hydrogen-bond acceptors (Lipinski definition) is 2. The largest absolute Gasteiger partial charge is 0.478 e. The third-order valence-electron chi connectivity index (χ3n) is 1.07. The predicted octanol–water partition coefficient (Wildman–Crippen LogP) is 0.824. The average Bonchev–Trinajstić information content (AvgIpc) is 1.98. The second kappa shape index (κ2) is 4.12. The van der Waals surface area contributed by atoms with Gasteiger partial charge in [0.1, 0.15) is 0 Å². The SMILES string of the molecule is C=CC(=CC(=C)C(=O)O)C(=O)O. The van der Waals surface area contributed by atoms with Crippen LogP contribution in [-0.2, 0) is 9.59 Å². The molecule has 0 aliphatic rings. The van der Waals surface area contributed by atoms with Crippen LogP contribution in [0.3, 0.4) is 0 Å². The summed E-state index contributed by atoms with van der Waals surface area (Å²) in [5.74, 6) is -2.48. The van der Waals surface area contributed by atoms with Gasteiger partial charge in [-0.3, -0.25) is 0 Å². The number of hydrogen-bond donors (Lipinski definition) is 2. The molecule has 0 aromatic carbocycles. The monoisotopic (exact) mass is 168 g/mol. The lowest BCUT2D eigenvalue weighted by atomic mass is 10.2. The smallest absolute Gasteiger partial charge is 0.335 e. The Bertz CT molecular complexity index is 273. The highest BCUT2D eigenvalue weighted by Crippen LogP contribution is 2.02. The van der Waals surface area contributed by atoms with Crippen LogP contribution >= 0.6 is 0 Å². The average molecular weight is 168 g/mol. The minimum Gasteiger partial charge on any atom is -0.478 e. The molecule has 64 valence electrons. The summed E-state index contributed by atoms with van der Waals surface area (Å²) < 4.78 is 0. The van der Waals surface area contributed by atoms with Crippen molar-refractivity contribution in [3.8, 4) is 0 Å². The summed E-state index contributed by atoms with van der Waals surface area (Å²) in [6.07, 6.45) is 1.99. The van der Waals surface area contributed by atoms with Crippen molar-refractivity contribution in [2.24, 2.45) is 0 Å². The van der Waals surface area contributed by atoms with E-state index in [1.54, 1.807) is 0 Å². The Labute approximate surface area is 69.1 Å². The molecule has 0 saturated carbocycles. The van der Waals surface area contributed by atoms with Crippen molar-refractivity contribution in [2.45, 2.75) is 0 Å². The van der Waals surface area contributed by atoms with E-state index in [0.29, 0.717) is 0 Å². The lowest BCUT2D eigenvalue weighted by Gasteiger charge is -1.93. The van der Waals surface area contributed by atoms with Crippen LogP contribution in [0.15, 0.2) is 36.5 Å². The molecular weight excluding hydrogens is 160 g/mol. The summed E-state index contributed by atoms with van der Waals surface area (Å²) in [6.45, 7) is 6.35. The Balaban J connectivity index is 4.72. The summed E-state index contributed by atoms with van der Waals surface area (Å²) in [5.41, 5.74) is -0.477. The van der Waals surface area contributed by atoms with Crippen LogP contribution in [-0.4, -0.2) is 22.2 Å². The zero-order chi connectivity index (χ0) is 9.72. The van der Waals surface area contributed by atoms with Gasteiger partial charge in [-0.05, 0) is 6.08 Å². The Kier molecular flexibility index (Phi) is 3.49. The maximum atomic E-state index is 10.3.